The van der Waals surface area contributed by atoms with Gasteiger partial charge in [0, 0.05) is 31.4 Å². The maximum atomic E-state index is 13.2. The molecule has 11 heteroatoms. The van der Waals surface area contributed by atoms with Crippen molar-refractivity contribution in [2.45, 2.75) is 63.2 Å². The first-order chi connectivity index (χ1) is 14.3. The summed E-state index contributed by atoms with van der Waals surface area (Å²) in [5.74, 6) is -2.26. The number of likely N-dealkylation sites (tertiary alicyclic amines) is 2. The zero-order valence-electron chi connectivity index (χ0n) is 16.9. The van der Waals surface area contributed by atoms with Gasteiger partial charge in [0.05, 0.1) is 12.4 Å². The van der Waals surface area contributed by atoms with E-state index in [0.29, 0.717) is 44.5 Å². The number of hydrogen-bond donors (Lipinski definition) is 4. The number of nitrogens with one attached hydrogen (secondary N) is 2. The molecule has 0 saturated carbocycles. The van der Waals surface area contributed by atoms with Crippen molar-refractivity contribution < 1.29 is 24.3 Å². The van der Waals surface area contributed by atoms with Crippen LogP contribution in [0.1, 0.15) is 38.3 Å². The highest BCUT2D eigenvalue weighted by Gasteiger charge is 2.40. The minimum absolute atomic E-state index is 0.140. The van der Waals surface area contributed by atoms with Crippen LogP contribution in [0, 0.1) is 0 Å². The maximum Gasteiger partial charge on any atom is 0.326 e. The van der Waals surface area contributed by atoms with E-state index in [1.54, 1.807) is 13.1 Å². The molecule has 0 aliphatic carbocycles. The Morgan fingerprint density at radius 3 is 2.40 bits per heavy atom. The van der Waals surface area contributed by atoms with E-state index in [4.69, 9.17) is 5.73 Å². The molecule has 3 heterocycles. The molecule has 2 saturated heterocycles. The number of nitrogens with two attached hydrogens (primary N) is 1. The van der Waals surface area contributed by atoms with Crippen LogP contribution < -0.4 is 11.1 Å². The van der Waals surface area contributed by atoms with E-state index in [1.807, 2.05) is 0 Å². The molecule has 164 valence electrons. The standard InChI is InChI=1S/C19H28N6O5/c1-11(20)17(27)24-6-2-4-14(24)16(26)23-13(8-12-9-21-10-22-12)18(28)25-7-3-5-15(25)19(29)30/h9-11,13-15H,2-8,20H2,1H3,(H,21,22)(H,23,26)(H,29,30). The summed E-state index contributed by atoms with van der Waals surface area (Å²) in [7, 11) is 0. The summed E-state index contributed by atoms with van der Waals surface area (Å²) in [6, 6.07) is -3.29. The molecule has 4 unspecified atom stereocenters. The summed E-state index contributed by atoms with van der Waals surface area (Å²) < 4.78 is 0. The molecule has 0 spiro atoms. The normalized spacial score (nSPS) is 23.3. The van der Waals surface area contributed by atoms with Crippen LogP contribution in [0.25, 0.3) is 0 Å². The highest BCUT2D eigenvalue weighted by Crippen LogP contribution is 2.21. The third-order valence-electron chi connectivity index (χ3n) is 5.64. The SMILES string of the molecule is CC(N)C(=O)N1CCCC1C(=O)NC(Cc1cnc[nH]1)C(=O)N1CCCC1C(=O)O. The van der Waals surface area contributed by atoms with Crippen LogP contribution in [0.5, 0.6) is 0 Å². The van der Waals surface area contributed by atoms with Crippen LogP contribution >= 0.6 is 0 Å². The minimum atomic E-state index is -1.06. The van der Waals surface area contributed by atoms with E-state index in [1.165, 1.54) is 16.1 Å². The van der Waals surface area contributed by atoms with E-state index in [2.05, 4.69) is 15.3 Å². The van der Waals surface area contributed by atoms with Crippen molar-refractivity contribution in [2.24, 2.45) is 5.73 Å². The number of aromatic amines is 1. The van der Waals surface area contributed by atoms with Gasteiger partial charge in [-0.1, -0.05) is 0 Å². The maximum absolute atomic E-state index is 13.2. The molecule has 3 amide bonds. The van der Waals surface area contributed by atoms with Gasteiger partial charge in [0.1, 0.15) is 18.1 Å². The highest BCUT2D eigenvalue weighted by molar-refractivity contribution is 5.94. The topological polar surface area (TPSA) is 162 Å². The number of carbonyl (C=O) groups is 4. The smallest absolute Gasteiger partial charge is 0.326 e. The fraction of sp³-hybridized carbons (Fsp3) is 0.632. The molecule has 1 aromatic rings. The summed E-state index contributed by atoms with van der Waals surface area (Å²) in [6.45, 7) is 2.33. The number of rotatable bonds is 7. The lowest BCUT2D eigenvalue weighted by molar-refractivity contribution is -0.149. The number of aromatic nitrogens is 2. The molecule has 0 aromatic carbocycles. The number of hydrogen-bond acceptors (Lipinski definition) is 6. The monoisotopic (exact) mass is 420 g/mol. The highest BCUT2D eigenvalue weighted by atomic mass is 16.4. The number of aliphatic carboxylic acids is 1. The molecule has 2 aliphatic rings. The zero-order valence-corrected chi connectivity index (χ0v) is 16.9. The zero-order chi connectivity index (χ0) is 21.8. The van der Waals surface area contributed by atoms with Gasteiger partial charge in [-0.2, -0.15) is 0 Å². The largest absolute Gasteiger partial charge is 0.480 e. The first-order valence-corrected chi connectivity index (χ1v) is 10.2. The van der Waals surface area contributed by atoms with Crippen LogP contribution in [0.4, 0.5) is 0 Å². The molecule has 4 atom stereocenters. The first kappa shape index (κ1) is 21.8. The van der Waals surface area contributed by atoms with Crippen molar-refractivity contribution in [1.82, 2.24) is 25.1 Å². The third kappa shape index (κ3) is 4.61. The second-order valence-electron chi connectivity index (χ2n) is 7.85. The van der Waals surface area contributed by atoms with Gasteiger partial charge in [-0.15, -0.1) is 0 Å². The Balaban J connectivity index is 1.77. The molecular formula is C19H28N6O5. The lowest BCUT2D eigenvalue weighted by Gasteiger charge is -2.30. The van der Waals surface area contributed by atoms with Crippen LogP contribution in [-0.4, -0.2) is 85.8 Å². The number of carboxylic acid groups (broad SMARTS) is 1. The van der Waals surface area contributed by atoms with Crippen LogP contribution in [0.15, 0.2) is 12.5 Å². The third-order valence-corrected chi connectivity index (χ3v) is 5.64. The fourth-order valence-electron chi connectivity index (χ4n) is 4.14. The molecule has 5 N–H and O–H groups in total. The number of nitrogens with zero attached hydrogens (tertiary/aromatic N) is 3. The van der Waals surface area contributed by atoms with E-state index in [0.717, 1.165) is 0 Å². The summed E-state index contributed by atoms with van der Waals surface area (Å²) in [6.07, 6.45) is 5.28. The van der Waals surface area contributed by atoms with Crippen molar-refractivity contribution in [2.75, 3.05) is 13.1 Å². The van der Waals surface area contributed by atoms with Gasteiger partial charge in [-0.25, -0.2) is 9.78 Å². The van der Waals surface area contributed by atoms with E-state index >= 15 is 0 Å². The Kier molecular flexibility index (Phi) is 6.70. The van der Waals surface area contributed by atoms with Crippen LogP contribution in [-0.2, 0) is 25.6 Å². The Bertz CT molecular complexity index is 795. The van der Waals surface area contributed by atoms with Gasteiger partial charge >= 0.3 is 5.97 Å². The number of amides is 3. The molecule has 0 bridgehead atoms. The van der Waals surface area contributed by atoms with Gasteiger partial charge in [0.2, 0.25) is 17.7 Å². The van der Waals surface area contributed by atoms with Gasteiger partial charge < -0.3 is 30.9 Å². The second kappa shape index (κ2) is 9.24. The summed E-state index contributed by atoms with van der Waals surface area (Å²) >= 11 is 0. The molecule has 0 radical (unpaired) electrons. The Hall–Kier alpha value is -2.95. The Morgan fingerprint density at radius 1 is 1.20 bits per heavy atom. The fourth-order valence-corrected chi connectivity index (χ4v) is 4.14. The minimum Gasteiger partial charge on any atom is -0.480 e. The van der Waals surface area contributed by atoms with Gasteiger partial charge in [0.15, 0.2) is 0 Å². The Morgan fingerprint density at radius 2 is 1.83 bits per heavy atom. The number of carboxylic acids is 1. The van der Waals surface area contributed by atoms with E-state index < -0.39 is 42.0 Å². The molecule has 3 rings (SSSR count). The average Bonchev–Trinajstić information content (AvgIpc) is 3.46. The molecule has 11 nitrogen and oxygen atoms in total. The first-order valence-electron chi connectivity index (χ1n) is 10.2. The number of carbonyl (C=O) groups excluding carboxylic acids is 3. The van der Waals surface area contributed by atoms with Crippen molar-refractivity contribution in [3.63, 3.8) is 0 Å². The predicted octanol–water partition coefficient (Wildman–Crippen LogP) is -1.15. The molecule has 1 aromatic heterocycles. The van der Waals surface area contributed by atoms with Crippen LogP contribution in [0.3, 0.4) is 0 Å². The van der Waals surface area contributed by atoms with Gasteiger partial charge in [-0.05, 0) is 32.6 Å². The number of imidazole rings is 1. The van der Waals surface area contributed by atoms with Gasteiger partial charge in [-0.3, -0.25) is 14.4 Å². The van der Waals surface area contributed by atoms with Crippen molar-refractivity contribution in [1.29, 1.82) is 0 Å². The summed E-state index contributed by atoms with van der Waals surface area (Å²) in [5, 5.41) is 12.2. The molecule has 2 fully saturated rings. The van der Waals surface area contributed by atoms with Crippen molar-refractivity contribution in [3.05, 3.63) is 18.2 Å². The van der Waals surface area contributed by atoms with Crippen LogP contribution in [0.2, 0.25) is 0 Å². The van der Waals surface area contributed by atoms with E-state index in [-0.39, 0.29) is 12.3 Å². The quantitative estimate of drug-likeness (QED) is 0.433. The van der Waals surface area contributed by atoms with E-state index in [9.17, 15) is 24.3 Å². The Labute approximate surface area is 174 Å². The lowest BCUT2D eigenvalue weighted by Crippen LogP contribution is -2.57. The molecular weight excluding hydrogens is 392 g/mol. The summed E-state index contributed by atoms with van der Waals surface area (Å²) in [5.41, 5.74) is 6.33. The summed E-state index contributed by atoms with van der Waals surface area (Å²) in [4.78, 5) is 59.6. The second-order valence-corrected chi connectivity index (χ2v) is 7.85. The molecule has 2 aliphatic heterocycles. The van der Waals surface area contributed by atoms with Crippen molar-refractivity contribution >= 4 is 23.7 Å². The molecule has 30 heavy (non-hydrogen) atoms. The van der Waals surface area contributed by atoms with Crippen molar-refractivity contribution in [3.8, 4) is 0 Å². The lowest BCUT2D eigenvalue weighted by atomic mass is 10.1. The van der Waals surface area contributed by atoms with Gasteiger partial charge in [0.25, 0.3) is 0 Å². The average molecular weight is 420 g/mol. The number of H-pyrrole nitrogens is 1. The predicted molar refractivity (Wildman–Crippen MR) is 105 cm³/mol.